The molecule has 3 aromatic rings. The van der Waals surface area contributed by atoms with Gasteiger partial charge in [-0.1, -0.05) is 62.0 Å². The maximum absolute atomic E-state index is 14.5. The highest BCUT2D eigenvalue weighted by Gasteiger charge is 2.65. The van der Waals surface area contributed by atoms with Crippen LogP contribution in [0, 0.1) is 17.7 Å². The number of hydrogen-bond acceptors (Lipinski definition) is 9. The zero-order valence-corrected chi connectivity index (χ0v) is 32.6. The van der Waals surface area contributed by atoms with E-state index in [4.69, 9.17) is 16.3 Å². The molecule has 298 valence electrons. The third kappa shape index (κ3) is 8.24. The second kappa shape index (κ2) is 14.7. The fourth-order valence-corrected chi connectivity index (χ4v) is 10.3. The molecule has 2 aliphatic heterocycles. The molecular weight excluding hydrogens is 786 g/mol. The smallest absolute Gasteiger partial charge is 0.416 e. The third-order valence-corrected chi connectivity index (χ3v) is 14.8. The van der Waals surface area contributed by atoms with Crippen LogP contribution in [-0.4, -0.2) is 71.0 Å². The number of anilines is 1. The van der Waals surface area contributed by atoms with Crippen molar-refractivity contribution in [2.24, 2.45) is 11.8 Å². The molecule has 3 N–H and O–H groups in total. The molecule has 2 saturated heterocycles. The minimum Gasteiger partial charge on any atom is -0.465 e. The van der Waals surface area contributed by atoms with Gasteiger partial charge in [0.1, 0.15) is 29.5 Å². The van der Waals surface area contributed by atoms with Crippen molar-refractivity contribution in [3.05, 3.63) is 52.8 Å². The van der Waals surface area contributed by atoms with Gasteiger partial charge in [0.25, 0.3) is 11.1 Å². The molecule has 6 atom stereocenters. The zero-order valence-electron chi connectivity index (χ0n) is 30.2. The minimum absolute atomic E-state index is 0.0343. The van der Waals surface area contributed by atoms with Crippen molar-refractivity contribution in [1.29, 1.82) is 0 Å². The lowest BCUT2D eigenvalue weighted by Gasteiger charge is -2.30. The summed E-state index contributed by atoms with van der Waals surface area (Å²) < 4.78 is 89.9. The topological polar surface area (TPSA) is 147 Å². The molecule has 2 aliphatic carbocycles. The Morgan fingerprint density at radius 2 is 1.82 bits per heavy atom. The van der Waals surface area contributed by atoms with E-state index >= 15 is 0 Å². The van der Waals surface area contributed by atoms with Crippen LogP contribution in [0.2, 0.25) is 5.02 Å². The lowest BCUT2D eigenvalue weighted by atomic mass is 9.94. The summed E-state index contributed by atoms with van der Waals surface area (Å²) in [4.78, 5) is 48.7. The zero-order chi connectivity index (χ0) is 39.5. The van der Waals surface area contributed by atoms with Crippen LogP contribution in [0.1, 0.15) is 83.6 Å². The molecule has 3 amide bonds. The minimum atomic E-state index is -4.84. The Bertz CT molecular complexity index is 2110. The fraction of sp³-hybridized carbons (Fsp3) is 0.568. The highest BCUT2D eigenvalue weighted by Crippen LogP contribution is 2.51. The van der Waals surface area contributed by atoms with Crippen molar-refractivity contribution in [2.45, 2.75) is 113 Å². The number of fused-ring (bicyclic) bond motifs is 3. The molecular formula is C37H42ClF4N5O6S2. The van der Waals surface area contributed by atoms with E-state index in [1.165, 1.54) is 16.2 Å². The molecule has 2 saturated carbocycles. The number of halogens is 5. The van der Waals surface area contributed by atoms with Gasteiger partial charge in [-0.25, -0.2) is 17.8 Å². The van der Waals surface area contributed by atoms with E-state index in [1.807, 2.05) is 6.92 Å². The van der Waals surface area contributed by atoms with Crippen LogP contribution in [0.3, 0.4) is 0 Å². The average molecular weight is 828 g/mol. The number of sulfonamides is 1. The van der Waals surface area contributed by atoms with Crippen LogP contribution in [0.25, 0.3) is 10.2 Å². The van der Waals surface area contributed by atoms with Crippen LogP contribution < -0.4 is 20.1 Å². The SMILES string of the molecule is CC1CCCCCC[C@H](Nc2cc(F)cc(C(F)(F)F)c2)C(=O)N2C[C@H](Oc3nc4ccc(Cl)cc4s3)C[C@H]2C(=O)N[C@]2(C(=O)NS(=O)(=O)C3(C)CC3)C[C@@H]12. The lowest BCUT2D eigenvalue weighted by Crippen LogP contribution is -2.58. The fourth-order valence-electron chi connectivity index (χ4n) is 7.83. The Labute approximate surface area is 324 Å². The van der Waals surface area contributed by atoms with Crippen molar-refractivity contribution in [1.82, 2.24) is 19.9 Å². The summed E-state index contributed by atoms with van der Waals surface area (Å²) in [6, 6.07) is 4.75. The predicted octanol–water partition coefficient (Wildman–Crippen LogP) is 6.80. The quantitative estimate of drug-likeness (QED) is 0.221. The molecule has 7 rings (SSSR count). The molecule has 0 spiro atoms. The number of alkyl halides is 3. The normalized spacial score (nSPS) is 28.6. The molecule has 2 aromatic carbocycles. The van der Waals surface area contributed by atoms with Gasteiger partial charge in [-0.15, -0.1) is 0 Å². The van der Waals surface area contributed by atoms with Gasteiger partial charge in [0, 0.05) is 17.1 Å². The average Bonchev–Trinajstić information content (AvgIpc) is 3.94. The van der Waals surface area contributed by atoms with Gasteiger partial charge in [-0.3, -0.25) is 19.1 Å². The highest BCUT2D eigenvalue weighted by molar-refractivity contribution is 7.91. The number of thiazole rings is 1. The Kier molecular flexibility index (Phi) is 10.5. The van der Waals surface area contributed by atoms with E-state index in [2.05, 4.69) is 20.3 Å². The van der Waals surface area contributed by atoms with E-state index in [9.17, 15) is 40.4 Å². The summed E-state index contributed by atoms with van der Waals surface area (Å²) in [5.41, 5.74) is -2.39. The Hall–Kier alpha value is -3.70. The van der Waals surface area contributed by atoms with Crippen LogP contribution in [-0.2, 0) is 30.6 Å². The Balaban J connectivity index is 1.21. The number of ether oxygens (including phenoxy) is 1. The summed E-state index contributed by atoms with van der Waals surface area (Å²) >= 11 is 7.38. The predicted molar refractivity (Wildman–Crippen MR) is 199 cm³/mol. The summed E-state index contributed by atoms with van der Waals surface area (Å²) in [7, 11) is -4.04. The number of benzene rings is 2. The van der Waals surface area contributed by atoms with Gasteiger partial charge in [-0.05, 0) is 80.8 Å². The van der Waals surface area contributed by atoms with Crippen LogP contribution in [0.4, 0.5) is 23.2 Å². The van der Waals surface area contributed by atoms with Gasteiger partial charge in [0.15, 0.2) is 0 Å². The van der Waals surface area contributed by atoms with Crippen molar-refractivity contribution in [2.75, 3.05) is 11.9 Å². The van der Waals surface area contributed by atoms with Gasteiger partial charge < -0.3 is 20.3 Å². The first kappa shape index (κ1) is 39.5. The molecule has 1 aromatic heterocycles. The van der Waals surface area contributed by atoms with E-state index in [0.717, 1.165) is 29.7 Å². The molecule has 18 heteroatoms. The number of aromatic nitrogens is 1. The molecule has 0 bridgehead atoms. The number of hydrogen-bond donors (Lipinski definition) is 3. The largest absolute Gasteiger partial charge is 0.465 e. The molecule has 1 unspecified atom stereocenters. The Morgan fingerprint density at radius 1 is 1.09 bits per heavy atom. The van der Waals surface area contributed by atoms with Gasteiger partial charge >= 0.3 is 6.18 Å². The number of amides is 3. The molecule has 55 heavy (non-hydrogen) atoms. The number of nitrogens with one attached hydrogen (secondary N) is 3. The number of nitrogens with zero attached hydrogens (tertiary/aromatic N) is 2. The molecule has 11 nitrogen and oxygen atoms in total. The number of carbonyl (C=O) groups is 3. The molecule has 4 fully saturated rings. The van der Waals surface area contributed by atoms with E-state index in [1.54, 1.807) is 25.1 Å². The van der Waals surface area contributed by atoms with Gasteiger partial charge in [-0.2, -0.15) is 13.2 Å². The second-order valence-electron chi connectivity index (χ2n) is 15.6. The summed E-state index contributed by atoms with van der Waals surface area (Å²) in [5.74, 6) is -3.70. The van der Waals surface area contributed by atoms with Crippen molar-refractivity contribution in [3.63, 3.8) is 0 Å². The number of carbonyl (C=O) groups excluding carboxylic acids is 3. The van der Waals surface area contributed by atoms with Gasteiger partial charge in [0.2, 0.25) is 21.8 Å². The molecule has 3 heterocycles. The van der Waals surface area contributed by atoms with Crippen LogP contribution >= 0.6 is 22.9 Å². The standard InChI is InChI=1S/C37H42ClF4N5O6S2/c1-20-7-5-3-4-6-8-28(43-24-14-21(37(40,41)42)13-23(39)16-24)32(49)47-19-25(53-34-44-27-10-9-22(38)15-30(27)54-34)17-29(47)31(48)45-36(18-26(20)36)33(50)46-55(51,52)35(2)11-12-35/h9-10,13-16,20,25-26,28-29,43H,3-8,11-12,17-19H2,1-2H3,(H,45,48)(H,46,50)/t20?,25-,26+,28+,29+,36-/m1/s1. The first-order valence-corrected chi connectivity index (χ1v) is 21.1. The second-order valence-corrected chi connectivity index (χ2v) is 19.2. The summed E-state index contributed by atoms with van der Waals surface area (Å²) in [6.07, 6.45) is -1.06. The molecule has 0 radical (unpaired) electrons. The number of rotatable bonds is 7. The van der Waals surface area contributed by atoms with Crippen molar-refractivity contribution < 1.29 is 45.1 Å². The molecule has 4 aliphatic rings. The monoisotopic (exact) mass is 827 g/mol. The highest BCUT2D eigenvalue weighted by atomic mass is 35.5. The third-order valence-electron chi connectivity index (χ3n) is 11.5. The van der Waals surface area contributed by atoms with E-state index in [-0.39, 0.29) is 48.5 Å². The van der Waals surface area contributed by atoms with E-state index in [0.29, 0.717) is 48.7 Å². The van der Waals surface area contributed by atoms with Crippen molar-refractivity contribution >= 4 is 66.6 Å². The first-order chi connectivity index (χ1) is 25.9. The van der Waals surface area contributed by atoms with Crippen molar-refractivity contribution in [3.8, 4) is 5.19 Å². The maximum atomic E-state index is 14.5. The first-order valence-electron chi connectivity index (χ1n) is 18.4. The maximum Gasteiger partial charge on any atom is 0.416 e. The van der Waals surface area contributed by atoms with Crippen LogP contribution in [0.5, 0.6) is 5.19 Å². The van der Waals surface area contributed by atoms with Crippen LogP contribution in [0.15, 0.2) is 36.4 Å². The summed E-state index contributed by atoms with van der Waals surface area (Å²) in [5, 5.41) is 6.47. The van der Waals surface area contributed by atoms with Gasteiger partial charge in [0.05, 0.1) is 27.1 Å². The lowest BCUT2D eigenvalue weighted by molar-refractivity contribution is -0.140. The van der Waals surface area contributed by atoms with E-state index < -0.39 is 73.8 Å². The Morgan fingerprint density at radius 3 is 2.53 bits per heavy atom. The summed E-state index contributed by atoms with van der Waals surface area (Å²) in [6.45, 7) is 3.41.